The molecule has 1 fully saturated rings. The van der Waals surface area contributed by atoms with Crippen LogP contribution in [0.2, 0.25) is 0 Å². The Morgan fingerprint density at radius 2 is 2.22 bits per heavy atom. The van der Waals surface area contributed by atoms with Crippen LogP contribution in [-0.4, -0.2) is 35.3 Å². The summed E-state index contributed by atoms with van der Waals surface area (Å²) in [5, 5.41) is 2.79. The van der Waals surface area contributed by atoms with E-state index in [0.717, 1.165) is 9.35 Å². The molecule has 18 heavy (non-hydrogen) atoms. The van der Waals surface area contributed by atoms with E-state index in [1.165, 1.54) is 11.3 Å². The van der Waals surface area contributed by atoms with Crippen molar-refractivity contribution >= 4 is 39.1 Å². The number of carbonyl (C=O) groups excluding carboxylic acids is 2. The Balaban J connectivity index is 2.30. The zero-order valence-corrected chi connectivity index (χ0v) is 12.9. The van der Waals surface area contributed by atoms with Crippen molar-refractivity contribution in [3.63, 3.8) is 0 Å². The predicted octanol–water partition coefficient (Wildman–Crippen LogP) is 2.17. The molecule has 0 spiro atoms. The summed E-state index contributed by atoms with van der Waals surface area (Å²) < 4.78 is 0.963. The molecule has 2 heterocycles. The van der Waals surface area contributed by atoms with Gasteiger partial charge in [-0.2, -0.15) is 0 Å². The van der Waals surface area contributed by atoms with E-state index >= 15 is 0 Å². The third-order valence-corrected chi connectivity index (χ3v) is 5.29. The number of aryl methyl sites for hydroxylation is 1. The number of amides is 2. The zero-order chi connectivity index (χ0) is 13.5. The third-order valence-electron chi connectivity index (χ3n) is 3.16. The highest BCUT2D eigenvalue weighted by Gasteiger charge is 2.41. The lowest BCUT2D eigenvalue weighted by Crippen LogP contribution is -2.63. The maximum atomic E-state index is 12.5. The zero-order valence-electron chi connectivity index (χ0n) is 10.5. The van der Waals surface area contributed by atoms with Crippen molar-refractivity contribution in [2.45, 2.75) is 26.3 Å². The largest absolute Gasteiger partial charge is 0.352 e. The van der Waals surface area contributed by atoms with Crippen LogP contribution in [0.25, 0.3) is 0 Å². The van der Waals surface area contributed by atoms with Crippen LogP contribution < -0.4 is 5.32 Å². The first-order valence-electron chi connectivity index (χ1n) is 5.70. The van der Waals surface area contributed by atoms with Gasteiger partial charge in [-0.25, -0.2) is 0 Å². The molecule has 0 unspecified atom stereocenters. The summed E-state index contributed by atoms with van der Waals surface area (Å²) in [7, 11) is 0. The van der Waals surface area contributed by atoms with Crippen LogP contribution in [0.4, 0.5) is 0 Å². The monoisotopic (exact) mass is 330 g/mol. The Hall–Kier alpha value is -0.880. The molecule has 6 heteroatoms. The van der Waals surface area contributed by atoms with E-state index in [0.29, 0.717) is 18.0 Å². The van der Waals surface area contributed by atoms with Gasteiger partial charge < -0.3 is 10.2 Å². The van der Waals surface area contributed by atoms with Crippen LogP contribution in [0, 0.1) is 6.92 Å². The van der Waals surface area contributed by atoms with Gasteiger partial charge in [0, 0.05) is 13.1 Å². The molecule has 0 bridgehead atoms. The summed E-state index contributed by atoms with van der Waals surface area (Å²) in [4.78, 5) is 26.6. The maximum Gasteiger partial charge on any atom is 0.264 e. The van der Waals surface area contributed by atoms with Gasteiger partial charge in [0.1, 0.15) is 5.54 Å². The summed E-state index contributed by atoms with van der Waals surface area (Å²) >= 11 is 4.83. The number of thiophene rings is 1. The molecule has 0 saturated carbocycles. The Labute approximate surface area is 118 Å². The molecule has 0 atom stereocenters. The highest BCUT2D eigenvalue weighted by Crippen LogP contribution is 2.30. The minimum absolute atomic E-state index is 0.0753. The summed E-state index contributed by atoms with van der Waals surface area (Å²) in [6, 6.07) is 1.86. The molecule has 98 valence electrons. The standard InChI is InChI=1S/C12H15BrN2O2S/c1-7-6-8(18-9(7)13)10(16)15-5-4-14-11(17)12(15,2)3/h6H,4-5H2,1-3H3,(H,14,17). The first-order valence-corrected chi connectivity index (χ1v) is 7.31. The Bertz CT molecular complexity index is 491. The molecule has 0 aliphatic carbocycles. The topological polar surface area (TPSA) is 49.4 Å². The lowest BCUT2D eigenvalue weighted by molar-refractivity contribution is -0.133. The Morgan fingerprint density at radius 1 is 1.56 bits per heavy atom. The van der Waals surface area contributed by atoms with Crippen LogP contribution in [0.15, 0.2) is 9.85 Å². The van der Waals surface area contributed by atoms with E-state index in [-0.39, 0.29) is 11.8 Å². The van der Waals surface area contributed by atoms with Gasteiger partial charge in [0.2, 0.25) is 5.91 Å². The average molecular weight is 331 g/mol. The Kier molecular flexibility index (Phi) is 3.51. The van der Waals surface area contributed by atoms with Gasteiger partial charge in [-0.05, 0) is 48.3 Å². The van der Waals surface area contributed by atoms with Crippen molar-refractivity contribution in [3.05, 3.63) is 20.3 Å². The normalized spacial score (nSPS) is 18.7. The quantitative estimate of drug-likeness (QED) is 0.857. The van der Waals surface area contributed by atoms with Crippen LogP contribution in [0.5, 0.6) is 0 Å². The van der Waals surface area contributed by atoms with Crippen LogP contribution in [-0.2, 0) is 4.79 Å². The SMILES string of the molecule is Cc1cc(C(=O)N2CCNC(=O)C2(C)C)sc1Br. The molecule has 2 amide bonds. The number of nitrogens with zero attached hydrogens (tertiary/aromatic N) is 1. The molecule has 1 N–H and O–H groups in total. The minimum Gasteiger partial charge on any atom is -0.352 e. The van der Waals surface area contributed by atoms with E-state index in [1.807, 2.05) is 13.0 Å². The van der Waals surface area contributed by atoms with Gasteiger partial charge in [-0.3, -0.25) is 9.59 Å². The van der Waals surface area contributed by atoms with Crippen molar-refractivity contribution in [2.75, 3.05) is 13.1 Å². The van der Waals surface area contributed by atoms with Gasteiger partial charge in [-0.15, -0.1) is 11.3 Å². The molecule has 4 nitrogen and oxygen atoms in total. The molecule has 1 aliphatic rings. The number of hydrogen-bond acceptors (Lipinski definition) is 3. The van der Waals surface area contributed by atoms with Gasteiger partial charge in [0.05, 0.1) is 8.66 Å². The minimum atomic E-state index is -0.792. The fourth-order valence-corrected chi connectivity index (χ4v) is 3.44. The molecule has 0 radical (unpaired) electrons. The summed E-state index contributed by atoms with van der Waals surface area (Å²) in [6.07, 6.45) is 0. The van der Waals surface area contributed by atoms with Gasteiger partial charge in [0.15, 0.2) is 0 Å². The van der Waals surface area contributed by atoms with E-state index < -0.39 is 5.54 Å². The second-order valence-corrected chi connectivity index (χ2v) is 7.21. The second-order valence-electron chi connectivity index (χ2n) is 4.84. The lowest BCUT2D eigenvalue weighted by Gasteiger charge is -2.40. The fraction of sp³-hybridized carbons (Fsp3) is 0.500. The van der Waals surface area contributed by atoms with Gasteiger partial charge >= 0.3 is 0 Å². The molecular formula is C12H15BrN2O2S. The number of nitrogens with one attached hydrogen (secondary N) is 1. The molecule has 2 rings (SSSR count). The highest BCUT2D eigenvalue weighted by atomic mass is 79.9. The number of halogens is 1. The smallest absolute Gasteiger partial charge is 0.264 e. The predicted molar refractivity (Wildman–Crippen MR) is 74.9 cm³/mol. The molecule has 0 aromatic carbocycles. The number of hydrogen-bond donors (Lipinski definition) is 1. The second kappa shape index (κ2) is 4.66. The maximum absolute atomic E-state index is 12.5. The number of rotatable bonds is 1. The third kappa shape index (κ3) is 2.19. The van der Waals surface area contributed by atoms with E-state index in [1.54, 1.807) is 18.7 Å². The van der Waals surface area contributed by atoms with Crippen molar-refractivity contribution < 1.29 is 9.59 Å². The van der Waals surface area contributed by atoms with Crippen molar-refractivity contribution in [2.24, 2.45) is 0 Å². The molecule has 1 aliphatic heterocycles. The van der Waals surface area contributed by atoms with E-state index in [9.17, 15) is 9.59 Å². The van der Waals surface area contributed by atoms with Gasteiger partial charge in [-0.1, -0.05) is 0 Å². The first kappa shape index (κ1) is 13.5. The summed E-state index contributed by atoms with van der Waals surface area (Å²) in [5.74, 6) is -0.178. The average Bonchev–Trinajstić information content (AvgIpc) is 2.62. The van der Waals surface area contributed by atoms with E-state index in [2.05, 4.69) is 21.2 Å². The highest BCUT2D eigenvalue weighted by molar-refractivity contribution is 9.11. The Morgan fingerprint density at radius 3 is 2.78 bits per heavy atom. The fourth-order valence-electron chi connectivity index (χ4n) is 1.95. The summed E-state index contributed by atoms with van der Waals surface area (Å²) in [6.45, 7) is 6.56. The van der Waals surface area contributed by atoms with Gasteiger partial charge in [0.25, 0.3) is 5.91 Å². The molecule has 1 saturated heterocycles. The summed E-state index contributed by atoms with van der Waals surface area (Å²) in [5.41, 5.74) is 0.252. The van der Waals surface area contributed by atoms with E-state index in [4.69, 9.17) is 0 Å². The molecular weight excluding hydrogens is 316 g/mol. The van der Waals surface area contributed by atoms with Crippen molar-refractivity contribution in [1.29, 1.82) is 0 Å². The van der Waals surface area contributed by atoms with Crippen LogP contribution in [0.1, 0.15) is 29.1 Å². The molecule has 1 aromatic rings. The van der Waals surface area contributed by atoms with Crippen molar-refractivity contribution in [1.82, 2.24) is 10.2 Å². The lowest BCUT2D eigenvalue weighted by atomic mass is 9.98. The van der Waals surface area contributed by atoms with Crippen LogP contribution >= 0.6 is 27.3 Å². The van der Waals surface area contributed by atoms with Crippen molar-refractivity contribution in [3.8, 4) is 0 Å². The number of piperazine rings is 1. The first-order chi connectivity index (χ1) is 8.34. The number of carbonyl (C=O) groups is 2. The molecule has 1 aromatic heterocycles. The van der Waals surface area contributed by atoms with Crippen LogP contribution in [0.3, 0.4) is 0 Å².